The van der Waals surface area contributed by atoms with Gasteiger partial charge in [0.1, 0.15) is 0 Å². The monoisotopic (exact) mass is 251 g/mol. The standard InChI is InChI=1S/C13H21N3S/c1-9(12-6-15-8-17-12)16-7-10-4-14-5-11(10)13(16,2)3/h6,8-11,14H,4-5,7H2,1-3H3. The van der Waals surface area contributed by atoms with Crippen LogP contribution in [0.4, 0.5) is 0 Å². The molecule has 1 aromatic heterocycles. The molecule has 0 spiro atoms. The summed E-state index contributed by atoms with van der Waals surface area (Å²) < 4.78 is 0. The van der Waals surface area contributed by atoms with Crippen LogP contribution in [0.3, 0.4) is 0 Å². The maximum Gasteiger partial charge on any atom is 0.0794 e. The zero-order chi connectivity index (χ0) is 12.0. The third-order valence-electron chi connectivity index (χ3n) is 4.75. The number of rotatable bonds is 2. The summed E-state index contributed by atoms with van der Waals surface area (Å²) in [6.45, 7) is 10.7. The topological polar surface area (TPSA) is 28.2 Å². The van der Waals surface area contributed by atoms with E-state index in [4.69, 9.17) is 0 Å². The van der Waals surface area contributed by atoms with E-state index in [1.807, 2.05) is 11.7 Å². The fourth-order valence-electron chi connectivity index (χ4n) is 3.70. The Labute approximate surface area is 107 Å². The molecule has 2 aliphatic rings. The van der Waals surface area contributed by atoms with Crippen molar-refractivity contribution in [2.45, 2.75) is 32.4 Å². The molecule has 2 saturated heterocycles. The zero-order valence-corrected chi connectivity index (χ0v) is 11.6. The van der Waals surface area contributed by atoms with Gasteiger partial charge in [0, 0.05) is 35.7 Å². The zero-order valence-electron chi connectivity index (χ0n) is 10.8. The number of nitrogens with zero attached hydrogens (tertiary/aromatic N) is 2. The van der Waals surface area contributed by atoms with E-state index < -0.39 is 0 Å². The van der Waals surface area contributed by atoms with Gasteiger partial charge in [-0.1, -0.05) is 0 Å². The highest BCUT2D eigenvalue weighted by Gasteiger charge is 2.50. The Hall–Kier alpha value is -0.450. The lowest BCUT2D eigenvalue weighted by atomic mass is 9.84. The predicted octanol–water partition coefficient (Wildman–Crippen LogP) is 2.13. The van der Waals surface area contributed by atoms with Gasteiger partial charge in [-0.2, -0.15) is 0 Å². The summed E-state index contributed by atoms with van der Waals surface area (Å²) in [6.07, 6.45) is 2.03. The van der Waals surface area contributed by atoms with Crippen LogP contribution in [0.15, 0.2) is 11.7 Å². The highest BCUT2D eigenvalue weighted by molar-refractivity contribution is 7.09. The molecule has 17 heavy (non-hydrogen) atoms. The van der Waals surface area contributed by atoms with Gasteiger partial charge in [-0.15, -0.1) is 11.3 Å². The lowest BCUT2D eigenvalue weighted by Gasteiger charge is -2.39. The number of fused-ring (bicyclic) bond motifs is 1. The van der Waals surface area contributed by atoms with E-state index in [1.165, 1.54) is 24.5 Å². The SMILES string of the molecule is CC(c1cncs1)N1CC2CNCC2C1(C)C. The van der Waals surface area contributed by atoms with Crippen molar-refractivity contribution in [1.29, 1.82) is 0 Å². The van der Waals surface area contributed by atoms with Gasteiger partial charge in [0.25, 0.3) is 0 Å². The van der Waals surface area contributed by atoms with Crippen molar-refractivity contribution < 1.29 is 0 Å². The smallest absolute Gasteiger partial charge is 0.0794 e. The van der Waals surface area contributed by atoms with E-state index >= 15 is 0 Å². The molecule has 0 amide bonds. The average molecular weight is 251 g/mol. The molecule has 0 aromatic carbocycles. The third-order valence-corrected chi connectivity index (χ3v) is 5.70. The maximum absolute atomic E-state index is 4.21. The van der Waals surface area contributed by atoms with Crippen LogP contribution in [-0.2, 0) is 0 Å². The highest BCUT2D eigenvalue weighted by atomic mass is 32.1. The molecule has 4 heteroatoms. The van der Waals surface area contributed by atoms with Gasteiger partial charge in [0.05, 0.1) is 5.51 Å². The first-order valence-electron chi connectivity index (χ1n) is 6.46. The molecular weight excluding hydrogens is 230 g/mol. The molecule has 0 radical (unpaired) electrons. The van der Waals surface area contributed by atoms with Crippen molar-refractivity contribution in [3.05, 3.63) is 16.6 Å². The van der Waals surface area contributed by atoms with Crippen LogP contribution in [0, 0.1) is 11.8 Å². The van der Waals surface area contributed by atoms with Crippen molar-refractivity contribution in [3.63, 3.8) is 0 Å². The first-order chi connectivity index (χ1) is 8.10. The van der Waals surface area contributed by atoms with Gasteiger partial charge in [-0.25, -0.2) is 0 Å². The van der Waals surface area contributed by atoms with Crippen molar-refractivity contribution >= 4 is 11.3 Å². The summed E-state index contributed by atoms with van der Waals surface area (Å²) in [7, 11) is 0. The lowest BCUT2D eigenvalue weighted by molar-refractivity contribution is 0.0986. The Morgan fingerprint density at radius 1 is 1.53 bits per heavy atom. The van der Waals surface area contributed by atoms with E-state index in [0.29, 0.717) is 11.6 Å². The number of thiazole rings is 1. The molecule has 0 bridgehead atoms. The number of hydrogen-bond donors (Lipinski definition) is 1. The summed E-state index contributed by atoms with van der Waals surface area (Å²) in [4.78, 5) is 8.29. The first-order valence-corrected chi connectivity index (χ1v) is 7.34. The van der Waals surface area contributed by atoms with Crippen molar-refractivity contribution in [3.8, 4) is 0 Å². The summed E-state index contributed by atoms with van der Waals surface area (Å²) in [6, 6.07) is 0.503. The lowest BCUT2D eigenvalue weighted by Crippen LogP contribution is -2.45. The average Bonchev–Trinajstić information content (AvgIpc) is 2.97. The number of hydrogen-bond acceptors (Lipinski definition) is 4. The fourth-order valence-corrected chi connectivity index (χ4v) is 4.38. The van der Waals surface area contributed by atoms with Gasteiger partial charge in [0.15, 0.2) is 0 Å². The third kappa shape index (κ3) is 1.74. The molecular formula is C13H21N3S. The van der Waals surface area contributed by atoms with Crippen LogP contribution >= 0.6 is 11.3 Å². The number of nitrogens with one attached hydrogen (secondary N) is 1. The van der Waals surface area contributed by atoms with Crippen molar-refractivity contribution in [1.82, 2.24) is 15.2 Å². The number of aromatic nitrogens is 1. The Morgan fingerprint density at radius 2 is 2.35 bits per heavy atom. The Balaban J connectivity index is 1.85. The predicted molar refractivity (Wildman–Crippen MR) is 71.2 cm³/mol. The second kappa shape index (κ2) is 4.04. The quantitative estimate of drug-likeness (QED) is 0.873. The second-order valence-electron chi connectivity index (χ2n) is 5.91. The van der Waals surface area contributed by atoms with E-state index in [-0.39, 0.29) is 0 Å². The van der Waals surface area contributed by atoms with Crippen molar-refractivity contribution in [2.24, 2.45) is 11.8 Å². The van der Waals surface area contributed by atoms with Gasteiger partial charge >= 0.3 is 0 Å². The van der Waals surface area contributed by atoms with Gasteiger partial charge < -0.3 is 5.32 Å². The van der Waals surface area contributed by atoms with Gasteiger partial charge in [-0.05, 0) is 39.2 Å². The van der Waals surface area contributed by atoms with E-state index in [1.54, 1.807) is 11.3 Å². The molecule has 3 unspecified atom stereocenters. The molecule has 0 aliphatic carbocycles. The molecule has 0 saturated carbocycles. The van der Waals surface area contributed by atoms with Crippen LogP contribution in [0.5, 0.6) is 0 Å². The second-order valence-corrected chi connectivity index (χ2v) is 6.83. The van der Waals surface area contributed by atoms with E-state index in [9.17, 15) is 0 Å². The number of likely N-dealkylation sites (tertiary alicyclic amines) is 1. The summed E-state index contributed by atoms with van der Waals surface area (Å²) in [5.41, 5.74) is 2.24. The molecule has 2 aliphatic heterocycles. The van der Waals surface area contributed by atoms with Crippen LogP contribution in [0.25, 0.3) is 0 Å². The van der Waals surface area contributed by atoms with E-state index in [2.05, 4.69) is 36.0 Å². The minimum absolute atomic E-state index is 0.303. The summed E-state index contributed by atoms with van der Waals surface area (Å²) in [5, 5.41) is 3.54. The highest BCUT2D eigenvalue weighted by Crippen LogP contribution is 2.45. The van der Waals surface area contributed by atoms with Crippen LogP contribution in [0.2, 0.25) is 0 Å². The van der Waals surface area contributed by atoms with Crippen LogP contribution < -0.4 is 5.32 Å². The van der Waals surface area contributed by atoms with Gasteiger partial charge in [-0.3, -0.25) is 9.88 Å². The molecule has 94 valence electrons. The molecule has 1 N–H and O–H groups in total. The minimum Gasteiger partial charge on any atom is -0.316 e. The Kier molecular flexibility index (Phi) is 2.76. The Morgan fingerprint density at radius 3 is 3.00 bits per heavy atom. The fraction of sp³-hybridized carbons (Fsp3) is 0.769. The summed E-state index contributed by atoms with van der Waals surface area (Å²) in [5.74, 6) is 1.64. The minimum atomic E-state index is 0.303. The maximum atomic E-state index is 4.21. The molecule has 3 atom stereocenters. The van der Waals surface area contributed by atoms with E-state index in [0.717, 1.165) is 11.8 Å². The summed E-state index contributed by atoms with van der Waals surface area (Å²) >= 11 is 1.78. The molecule has 1 aromatic rings. The largest absolute Gasteiger partial charge is 0.316 e. The Bertz CT molecular complexity index is 387. The van der Waals surface area contributed by atoms with Crippen LogP contribution in [0.1, 0.15) is 31.7 Å². The van der Waals surface area contributed by atoms with Crippen molar-refractivity contribution in [2.75, 3.05) is 19.6 Å². The molecule has 3 heterocycles. The molecule has 2 fully saturated rings. The van der Waals surface area contributed by atoms with Crippen LogP contribution in [-0.4, -0.2) is 35.1 Å². The van der Waals surface area contributed by atoms with Gasteiger partial charge in [0.2, 0.25) is 0 Å². The first kappa shape index (κ1) is 11.6. The normalized spacial score (nSPS) is 33.8. The molecule has 3 rings (SSSR count). The molecule has 3 nitrogen and oxygen atoms in total.